The molecule has 0 aliphatic carbocycles. The summed E-state index contributed by atoms with van der Waals surface area (Å²) >= 11 is 7.44. The van der Waals surface area contributed by atoms with Crippen molar-refractivity contribution in [3.8, 4) is 0 Å². The van der Waals surface area contributed by atoms with Crippen LogP contribution in [0.5, 0.6) is 0 Å². The first-order chi connectivity index (χ1) is 9.25. The van der Waals surface area contributed by atoms with E-state index in [1.807, 2.05) is 24.3 Å². The Hall–Kier alpha value is -1.03. The zero-order valence-corrected chi connectivity index (χ0v) is 12.0. The molecule has 0 aliphatic heterocycles. The first-order valence-electron chi connectivity index (χ1n) is 6.08. The fourth-order valence-corrected chi connectivity index (χ4v) is 2.59. The fraction of sp³-hybridized carbons (Fsp3) is 0.200. The second kappa shape index (κ2) is 7.53. The Labute approximate surface area is 122 Å². The van der Waals surface area contributed by atoms with E-state index in [0.29, 0.717) is 6.54 Å². The smallest absolute Gasteiger partial charge is 0.142 e. The van der Waals surface area contributed by atoms with Gasteiger partial charge in [0.1, 0.15) is 5.82 Å². The van der Waals surface area contributed by atoms with Crippen LogP contribution in [0.2, 0.25) is 5.02 Å². The first-order valence-corrected chi connectivity index (χ1v) is 7.44. The number of rotatable bonds is 6. The Morgan fingerprint density at radius 2 is 1.89 bits per heavy atom. The molecule has 0 bridgehead atoms. The van der Waals surface area contributed by atoms with Crippen LogP contribution in [-0.4, -0.2) is 12.3 Å². The summed E-state index contributed by atoms with van der Waals surface area (Å²) in [6, 6.07) is 15.2. The average molecular weight is 296 g/mol. The summed E-state index contributed by atoms with van der Waals surface area (Å²) in [6.45, 7) is 1.53. The molecule has 0 spiro atoms. The van der Waals surface area contributed by atoms with Gasteiger partial charge in [0.25, 0.3) is 0 Å². The second-order valence-corrected chi connectivity index (χ2v) is 5.66. The number of hydrogen-bond donors (Lipinski definition) is 1. The molecule has 0 aromatic heterocycles. The second-order valence-electron chi connectivity index (χ2n) is 4.09. The third-order valence-electron chi connectivity index (χ3n) is 2.60. The molecule has 19 heavy (non-hydrogen) atoms. The quantitative estimate of drug-likeness (QED) is 0.628. The van der Waals surface area contributed by atoms with Gasteiger partial charge in [-0.25, -0.2) is 4.39 Å². The molecule has 0 saturated heterocycles. The van der Waals surface area contributed by atoms with Gasteiger partial charge in [-0.1, -0.05) is 35.9 Å². The highest BCUT2D eigenvalue weighted by molar-refractivity contribution is 7.99. The first kappa shape index (κ1) is 14.4. The van der Waals surface area contributed by atoms with Crippen molar-refractivity contribution in [2.45, 2.75) is 11.4 Å². The molecule has 2 rings (SSSR count). The SMILES string of the molecule is Fc1cc(CNCCSc2ccccc2)ccc1Cl. The molecular weight excluding hydrogens is 281 g/mol. The molecule has 0 amide bonds. The van der Waals surface area contributed by atoms with Crippen LogP contribution in [0.3, 0.4) is 0 Å². The minimum absolute atomic E-state index is 0.170. The van der Waals surface area contributed by atoms with Gasteiger partial charge < -0.3 is 5.32 Å². The molecule has 4 heteroatoms. The predicted octanol–water partition coefficient (Wildman–Crippen LogP) is 4.36. The van der Waals surface area contributed by atoms with Crippen LogP contribution in [0, 0.1) is 5.82 Å². The molecule has 1 N–H and O–H groups in total. The number of hydrogen-bond acceptors (Lipinski definition) is 2. The maximum atomic E-state index is 13.2. The lowest BCUT2D eigenvalue weighted by atomic mass is 10.2. The lowest BCUT2D eigenvalue weighted by Crippen LogP contribution is -2.16. The van der Waals surface area contributed by atoms with Crippen LogP contribution in [0.15, 0.2) is 53.4 Å². The van der Waals surface area contributed by atoms with Crippen molar-refractivity contribution in [1.29, 1.82) is 0 Å². The minimum atomic E-state index is -0.361. The fourth-order valence-electron chi connectivity index (χ4n) is 1.64. The molecule has 0 fully saturated rings. The Balaban J connectivity index is 1.68. The molecular formula is C15H15ClFNS. The summed E-state index contributed by atoms with van der Waals surface area (Å²) in [5.41, 5.74) is 0.909. The van der Waals surface area contributed by atoms with Gasteiger partial charge >= 0.3 is 0 Å². The number of nitrogens with one attached hydrogen (secondary N) is 1. The van der Waals surface area contributed by atoms with Gasteiger partial charge in [-0.15, -0.1) is 11.8 Å². The Morgan fingerprint density at radius 1 is 1.11 bits per heavy atom. The van der Waals surface area contributed by atoms with Crippen molar-refractivity contribution in [1.82, 2.24) is 5.32 Å². The van der Waals surface area contributed by atoms with Crippen molar-refractivity contribution in [2.24, 2.45) is 0 Å². The summed E-state index contributed by atoms with van der Waals surface area (Å²) in [5, 5.41) is 3.46. The standard InChI is InChI=1S/C15H15ClFNS/c16-14-7-6-12(10-15(14)17)11-18-8-9-19-13-4-2-1-3-5-13/h1-7,10,18H,8-9,11H2. The van der Waals surface area contributed by atoms with E-state index in [1.54, 1.807) is 17.8 Å². The van der Waals surface area contributed by atoms with E-state index in [4.69, 9.17) is 11.6 Å². The molecule has 100 valence electrons. The van der Waals surface area contributed by atoms with E-state index < -0.39 is 0 Å². The van der Waals surface area contributed by atoms with Crippen molar-refractivity contribution < 1.29 is 4.39 Å². The van der Waals surface area contributed by atoms with Crippen LogP contribution in [0.25, 0.3) is 0 Å². The van der Waals surface area contributed by atoms with Crippen molar-refractivity contribution in [3.05, 3.63) is 64.9 Å². The van der Waals surface area contributed by atoms with E-state index in [0.717, 1.165) is 17.9 Å². The Bertz CT molecular complexity index is 519. The van der Waals surface area contributed by atoms with Crippen molar-refractivity contribution >= 4 is 23.4 Å². The van der Waals surface area contributed by atoms with Gasteiger partial charge in [0, 0.05) is 23.7 Å². The molecule has 1 nitrogen and oxygen atoms in total. The zero-order chi connectivity index (χ0) is 13.5. The maximum Gasteiger partial charge on any atom is 0.142 e. The van der Waals surface area contributed by atoms with Crippen LogP contribution < -0.4 is 5.32 Å². The normalized spacial score (nSPS) is 10.6. The maximum absolute atomic E-state index is 13.2. The molecule has 0 unspecified atom stereocenters. The van der Waals surface area contributed by atoms with Gasteiger partial charge in [-0.3, -0.25) is 0 Å². The van der Waals surface area contributed by atoms with Gasteiger partial charge in [0.15, 0.2) is 0 Å². The highest BCUT2D eigenvalue weighted by Crippen LogP contribution is 2.17. The van der Waals surface area contributed by atoms with E-state index in [9.17, 15) is 4.39 Å². The summed E-state index contributed by atoms with van der Waals surface area (Å²) in [4.78, 5) is 1.27. The van der Waals surface area contributed by atoms with E-state index in [-0.39, 0.29) is 10.8 Å². The average Bonchev–Trinajstić information content (AvgIpc) is 2.43. The molecule has 0 radical (unpaired) electrons. The van der Waals surface area contributed by atoms with E-state index in [2.05, 4.69) is 17.4 Å². The summed E-state index contributed by atoms with van der Waals surface area (Å²) < 4.78 is 13.2. The predicted molar refractivity (Wildman–Crippen MR) is 80.3 cm³/mol. The molecule has 2 aromatic rings. The number of benzene rings is 2. The molecule has 0 saturated carbocycles. The molecule has 0 atom stereocenters. The molecule has 2 aromatic carbocycles. The van der Waals surface area contributed by atoms with Gasteiger partial charge in [-0.2, -0.15) is 0 Å². The number of thioether (sulfide) groups is 1. The van der Waals surface area contributed by atoms with Crippen LogP contribution in [0.4, 0.5) is 4.39 Å². The Morgan fingerprint density at radius 3 is 2.63 bits per heavy atom. The van der Waals surface area contributed by atoms with Crippen LogP contribution >= 0.6 is 23.4 Å². The number of halogens is 2. The highest BCUT2D eigenvalue weighted by Gasteiger charge is 2.00. The van der Waals surface area contributed by atoms with Gasteiger partial charge in [-0.05, 0) is 29.8 Å². The van der Waals surface area contributed by atoms with Crippen LogP contribution in [0.1, 0.15) is 5.56 Å². The van der Waals surface area contributed by atoms with Gasteiger partial charge in [0.05, 0.1) is 5.02 Å². The lowest BCUT2D eigenvalue weighted by molar-refractivity contribution is 0.622. The third-order valence-corrected chi connectivity index (χ3v) is 3.92. The van der Waals surface area contributed by atoms with Crippen molar-refractivity contribution in [3.63, 3.8) is 0 Å². The van der Waals surface area contributed by atoms with E-state index >= 15 is 0 Å². The minimum Gasteiger partial charge on any atom is -0.312 e. The Kier molecular flexibility index (Phi) is 5.70. The van der Waals surface area contributed by atoms with E-state index in [1.165, 1.54) is 11.0 Å². The summed E-state index contributed by atoms with van der Waals surface area (Å²) in [6.07, 6.45) is 0. The monoisotopic (exact) mass is 295 g/mol. The summed E-state index contributed by atoms with van der Waals surface area (Å²) in [5.74, 6) is 0.625. The third kappa shape index (κ3) is 4.86. The lowest BCUT2D eigenvalue weighted by Gasteiger charge is -2.05. The van der Waals surface area contributed by atoms with Crippen LogP contribution in [-0.2, 0) is 6.54 Å². The zero-order valence-electron chi connectivity index (χ0n) is 10.4. The van der Waals surface area contributed by atoms with Gasteiger partial charge in [0.2, 0.25) is 0 Å². The summed E-state index contributed by atoms with van der Waals surface area (Å²) in [7, 11) is 0. The highest BCUT2D eigenvalue weighted by atomic mass is 35.5. The topological polar surface area (TPSA) is 12.0 Å². The molecule has 0 heterocycles. The largest absolute Gasteiger partial charge is 0.312 e. The molecule has 0 aliphatic rings. The van der Waals surface area contributed by atoms with Crippen molar-refractivity contribution in [2.75, 3.05) is 12.3 Å².